The van der Waals surface area contributed by atoms with Crippen LogP contribution in [-0.4, -0.2) is 50.8 Å². The Bertz CT molecular complexity index is 1480. The summed E-state index contributed by atoms with van der Waals surface area (Å²) in [4.78, 5) is 46.0. The van der Waals surface area contributed by atoms with E-state index in [9.17, 15) is 19.7 Å². The van der Waals surface area contributed by atoms with Crippen molar-refractivity contribution in [3.05, 3.63) is 76.3 Å². The van der Waals surface area contributed by atoms with Gasteiger partial charge in [0.1, 0.15) is 17.7 Å². The fraction of sp³-hybridized carbons (Fsp3) is 0.310. The van der Waals surface area contributed by atoms with E-state index in [1.165, 1.54) is 44.6 Å². The maximum atomic E-state index is 14.0. The molecule has 2 amide bonds. The number of hydrogen-bond donors (Lipinski definition) is 0. The molecule has 0 aromatic heterocycles. The predicted molar refractivity (Wildman–Crippen MR) is 147 cm³/mol. The monoisotopic (exact) mass is 563 g/mol. The quantitative estimate of drug-likeness (QED) is 0.198. The first-order valence-electron chi connectivity index (χ1n) is 12.9. The lowest BCUT2D eigenvalue weighted by Crippen LogP contribution is -2.37. The molecule has 3 atom stereocenters. The Morgan fingerprint density at radius 2 is 1.63 bits per heavy atom. The summed E-state index contributed by atoms with van der Waals surface area (Å²) in [5, 5.41) is 12.9. The molecule has 12 nitrogen and oxygen atoms in total. The Balaban J connectivity index is 1.61. The van der Waals surface area contributed by atoms with Crippen molar-refractivity contribution in [2.45, 2.75) is 25.5 Å². The molecule has 0 bridgehead atoms. The van der Waals surface area contributed by atoms with Crippen LogP contribution in [0.2, 0.25) is 0 Å². The van der Waals surface area contributed by atoms with Gasteiger partial charge in [-0.05, 0) is 48.9 Å². The molecule has 12 heteroatoms. The molecule has 2 aliphatic heterocycles. The fourth-order valence-electron chi connectivity index (χ4n) is 5.22. The Morgan fingerprint density at radius 3 is 2.27 bits per heavy atom. The normalized spacial score (nSPS) is 19.8. The molecule has 2 aliphatic rings. The van der Waals surface area contributed by atoms with Crippen LogP contribution in [0.25, 0.3) is 0 Å². The number of ether oxygens (including phenoxy) is 4. The number of non-ortho nitro benzene ring substituents is 1. The molecule has 214 valence electrons. The summed E-state index contributed by atoms with van der Waals surface area (Å²) in [7, 11) is 4.38. The average Bonchev–Trinajstić information content (AvgIpc) is 3.50. The van der Waals surface area contributed by atoms with Gasteiger partial charge in [0, 0.05) is 17.7 Å². The zero-order valence-corrected chi connectivity index (χ0v) is 22.9. The fourth-order valence-corrected chi connectivity index (χ4v) is 5.22. The summed E-state index contributed by atoms with van der Waals surface area (Å²) >= 11 is 0. The van der Waals surface area contributed by atoms with Crippen LogP contribution < -0.4 is 28.9 Å². The van der Waals surface area contributed by atoms with Crippen LogP contribution in [0.3, 0.4) is 0 Å². The van der Waals surface area contributed by atoms with Gasteiger partial charge >= 0.3 is 0 Å². The first-order chi connectivity index (χ1) is 19.8. The number of nitro groups is 1. The van der Waals surface area contributed by atoms with Gasteiger partial charge in [-0.15, -0.1) is 0 Å². The number of amides is 2. The maximum Gasteiger partial charge on any atom is 0.271 e. The van der Waals surface area contributed by atoms with Crippen LogP contribution in [-0.2, 0) is 14.4 Å². The molecule has 0 aliphatic carbocycles. The Kier molecular flexibility index (Phi) is 7.66. The van der Waals surface area contributed by atoms with Crippen LogP contribution in [0, 0.1) is 16.0 Å². The van der Waals surface area contributed by atoms with Crippen molar-refractivity contribution < 1.29 is 38.3 Å². The van der Waals surface area contributed by atoms with Gasteiger partial charge in [0.15, 0.2) is 17.6 Å². The lowest BCUT2D eigenvalue weighted by Gasteiger charge is -2.30. The summed E-state index contributed by atoms with van der Waals surface area (Å²) in [6, 6.07) is 14.9. The Hall–Kier alpha value is -4.84. The molecule has 2 fully saturated rings. The second-order valence-corrected chi connectivity index (χ2v) is 9.38. The second-order valence-electron chi connectivity index (χ2n) is 9.38. The molecule has 0 radical (unpaired) electrons. The lowest BCUT2D eigenvalue weighted by atomic mass is 9.89. The minimum absolute atomic E-state index is 0.175. The van der Waals surface area contributed by atoms with Crippen molar-refractivity contribution in [3.63, 3.8) is 0 Å². The van der Waals surface area contributed by atoms with E-state index < -0.39 is 34.8 Å². The van der Waals surface area contributed by atoms with E-state index in [0.717, 1.165) is 11.3 Å². The van der Waals surface area contributed by atoms with Crippen LogP contribution in [0.4, 0.5) is 17.1 Å². The highest BCUT2D eigenvalue weighted by atomic mass is 16.7. The largest absolute Gasteiger partial charge is 0.494 e. The van der Waals surface area contributed by atoms with Crippen LogP contribution in [0.1, 0.15) is 24.9 Å². The van der Waals surface area contributed by atoms with E-state index in [0.29, 0.717) is 35.0 Å². The Labute approximate surface area is 236 Å². The molecule has 2 saturated heterocycles. The molecule has 3 aromatic carbocycles. The van der Waals surface area contributed by atoms with Gasteiger partial charge < -0.3 is 18.9 Å². The van der Waals surface area contributed by atoms with Gasteiger partial charge in [-0.1, -0.05) is 13.0 Å². The van der Waals surface area contributed by atoms with Crippen LogP contribution in [0.5, 0.6) is 23.0 Å². The smallest absolute Gasteiger partial charge is 0.271 e. The molecule has 0 spiro atoms. The molecule has 41 heavy (non-hydrogen) atoms. The number of carbonyl (C=O) groups is 2. The summed E-state index contributed by atoms with van der Waals surface area (Å²) < 4.78 is 22.3. The highest BCUT2D eigenvalue weighted by molar-refractivity contribution is 6.24. The van der Waals surface area contributed by atoms with Gasteiger partial charge in [0.2, 0.25) is 11.7 Å². The molecule has 0 N–H and O–H groups in total. The number of carbonyl (C=O) groups excluding carboxylic acids is 2. The van der Waals surface area contributed by atoms with E-state index >= 15 is 0 Å². The van der Waals surface area contributed by atoms with E-state index in [4.69, 9.17) is 23.8 Å². The van der Waals surface area contributed by atoms with Gasteiger partial charge in [-0.25, -0.2) is 9.96 Å². The number of fused-ring (bicyclic) bond motifs is 1. The van der Waals surface area contributed by atoms with Crippen LogP contribution >= 0.6 is 0 Å². The van der Waals surface area contributed by atoms with Crippen molar-refractivity contribution in [2.75, 3.05) is 37.9 Å². The van der Waals surface area contributed by atoms with Gasteiger partial charge in [-0.3, -0.25) is 24.5 Å². The van der Waals surface area contributed by atoms with E-state index in [1.54, 1.807) is 42.5 Å². The van der Waals surface area contributed by atoms with Crippen molar-refractivity contribution >= 4 is 28.9 Å². The zero-order valence-electron chi connectivity index (χ0n) is 22.9. The van der Waals surface area contributed by atoms with Gasteiger partial charge in [0.05, 0.1) is 44.2 Å². The van der Waals surface area contributed by atoms with E-state index in [1.807, 2.05) is 6.92 Å². The highest BCUT2D eigenvalue weighted by Gasteiger charge is 2.61. The van der Waals surface area contributed by atoms with Crippen molar-refractivity contribution in [2.24, 2.45) is 5.92 Å². The molecular weight excluding hydrogens is 534 g/mol. The number of hydrogen-bond acceptors (Lipinski definition) is 10. The lowest BCUT2D eigenvalue weighted by molar-refractivity contribution is -0.384. The van der Waals surface area contributed by atoms with E-state index in [-0.39, 0.29) is 17.2 Å². The molecule has 0 saturated carbocycles. The first kappa shape index (κ1) is 27.7. The third-order valence-electron chi connectivity index (χ3n) is 7.03. The number of benzene rings is 3. The van der Waals surface area contributed by atoms with Gasteiger partial charge in [-0.2, -0.15) is 0 Å². The number of nitrogens with zero attached hydrogens (tertiary/aromatic N) is 3. The SMILES string of the molecule is CCCOc1ccc(N2C(=O)C3ON(c4cccc([N+](=O)[O-])c4)C(c4ccc(OC)c(OC)c4OC)C3C2=O)cc1. The number of anilines is 2. The molecule has 2 heterocycles. The highest BCUT2D eigenvalue weighted by Crippen LogP contribution is 2.53. The Morgan fingerprint density at radius 1 is 0.902 bits per heavy atom. The van der Waals surface area contributed by atoms with E-state index in [2.05, 4.69) is 0 Å². The first-order valence-corrected chi connectivity index (χ1v) is 12.9. The third kappa shape index (κ3) is 4.76. The third-order valence-corrected chi connectivity index (χ3v) is 7.03. The molecule has 3 aromatic rings. The standard InChI is InChI=1S/C29H29N3O9/c1-5-15-40-20-11-9-17(10-12-20)30-28(33)23-24(21-13-14-22(37-2)26(39-4)25(21)38-3)31(41-27(23)29(30)34)18-7-6-8-19(16-18)32(35)36/h6-14,16,23-24,27H,5,15H2,1-4H3. The number of imide groups is 1. The predicted octanol–water partition coefficient (Wildman–Crippen LogP) is 4.46. The molecule has 3 unspecified atom stereocenters. The number of rotatable bonds is 10. The number of methoxy groups -OCH3 is 3. The maximum absolute atomic E-state index is 14.0. The minimum Gasteiger partial charge on any atom is -0.494 e. The number of hydroxylamine groups is 1. The average molecular weight is 564 g/mol. The van der Waals surface area contributed by atoms with Crippen molar-refractivity contribution in [1.29, 1.82) is 0 Å². The second kappa shape index (κ2) is 11.3. The summed E-state index contributed by atoms with van der Waals surface area (Å²) in [5.41, 5.74) is 0.961. The van der Waals surface area contributed by atoms with Gasteiger partial charge in [0.25, 0.3) is 11.6 Å². The summed E-state index contributed by atoms with van der Waals surface area (Å²) in [6.45, 7) is 2.54. The summed E-state index contributed by atoms with van der Waals surface area (Å²) in [5.74, 6) is -0.484. The summed E-state index contributed by atoms with van der Waals surface area (Å²) in [6.07, 6.45) is -0.353. The van der Waals surface area contributed by atoms with Crippen molar-refractivity contribution in [3.8, 4) is 23.0 Å². The topological polar surface area (TPSA) is 130 Å². The van der Waals surface area contributed by atoms with Crippen molar-refractivity contribution in [1.82, 2.24) is 0 Å². The number of nitro benzene ring substituents is 1. The zero-order chi connectivity index (χ0) is 29.3. The molecular formula is C29H29N3O9. The van der Waals surface area contributed by atoms with Crippen LogP contribution in [0.15, 0.2) is 60.7 Å². The minimum atomic E-state index is -1.19. The molecule has 5 rings (SSSR count).